The van der Waals surface area contributed by atoms with Gasteiger partial charge in [0.2, 0.25) is 0 Å². The van der Waals surface area contributed by atoms with Gasteiger partial charge in [-0.1, -0.05) is 42.0 Å². The molecule has 2 aromatic rings. The second-order valence-corrected chi connectivity index (χ2v) is 5.28. The SMILES string of the molecule is Fc1ccc(CC(=S)Cc2cccc(Cl)c2)cc1F. The van der Waals surface area contributed by atoms with Crippen LogP contribution in [-0.2, 0) is 12.8 Å². The lowest BCUT2D eigenvalue weighted by Crippen LogP contribution is -2.04. The Balaban J connectivity index is 2.03. The molecule has 0 fully saturated rings. The van der Waals surface area contributed by atoms with Crippen molar-refractivity contribution in [2.45, 2.75) is 12.8 Å². The van der Waals surface area contributed by atoms with Crippen LogP contribution < -0.4 is 0 Å². The third kappa shape index (κ3) is 4.08. The van der Waals surface area contributed by atoms with Gasteiger partial charge in [0.1, 0.15) is 0 Å². The molecule has 19 heavy (non-hydrogen) atoms. The Morgan fingerprint density at radius 2 is 1.63 bits per heavy atom. The maximum absolute atomic E-state index is 13.1. The minimum absolute atomic E-state index is 0.443. The van der Waals surface area contributed by atoms with Crippen LogP contribution in [0.5, 0.6) is 0 Å². The van der Waals surface area contributed by atoms with Crippen molar-refractivity contribution < 1.29 is 8.78 Å². The monoisotopic (exact) mass is 296 g/mol. The molecule has 2 aromatic carbocycles. The first-order chi connectivity index (χ1) is 9.04. The number of hydrogen-bond acceptors (Lipinski definition) is 1. The van der Waals surface area contributed by atoms with Crippen molar-refractivity contribution >= 4 is 28.7 Å². The van der Waals surface area contributed by atoms with Gasteiger partial charge in [0.15, 0.2) is 11.6 Å². The van der Waals surface area contributed by atoms with Gasteiger partial charge in [-0.2, -0.15) is 0 Å². The summed E-state index contributed by atoms with van der Waals surface area (Å²) in [6.45, 7) is 0. The molecule has 0 aliphatic rings. The molecule has 0 unspecified atom stereocenters. The molecule has 0 bridgehead atoms. The minimum Gasteiger partial charge on any atom is -0.204 e. The van der Waals surface area contributed by atoms with Crippen molar-refractivity contribution in [2.75, 3.05) is 0 Å². The van der Waals surface area contributed by atoms with E-state index in [1.165, 1.54) is 6.07 Å². The molecule has 0 aromatic heterocycles. The highest BCUT2D eigenvalue weighted by atomic mass is 35.5. The molecule has 4 heteroatoms. The standard InChI is InChI=1S/C15H11ClF2S/c16-12-3-1-2-10(6-12)7-13(19)8-11-4-5-14(17)15(18)9-11/h1-6,9H,7-8H2. The maximum Gasteiger partial charge on any atom is 0.159 e. The largest absolute Gasteiger partial charge is 0.204 e. The van der Waals surface area contributed by atoms with E-state index in [2.05, 4.69) is 0 Å². The summed E-state index contributed by atoms with van der Waals surface area (Å²) in [6.07, 6.45) is 1.04. The molecule has 0 radical (unpaired) electrons. The average molecular weight is 297 g/mol. The normalized spacial score (nSPS) is 10.5. The van der Waals surface area contributed by atoms with Crippen LogP contribution in [0.15, 0.2) is 42.5 Å². The summed E-state index contributed by atoms with van der Waals surface area (Å²) in [5.74, 6) is -1.69. The second kappa shape index (κ2) is 6.22. The summed E-state index contributed by atoms with van der Waals surface area (Å²) in [7, 11) is 0. The quantitative estimate of drug-likeness (QED) is 0.732. The van der Waals surface area contributed by atoms with Gasteiger partial charge in [-0.25, -0.2) is 8.78 Å². The van der Waals surface area contributed by atoms with Gasteiger partial charge in [-0.3, -0.25) is 0 Å². The van der Waals surface area contributed by atoms with E-state index in [9.17, 15) is 8.78 Å². The Labute approximate surface area is 121 Å². The lowest BCUT2D eigenvalue weighted by Gasteiger charge is -2.05. The topological polar surface area (TPSA) is 0 Å². The Bertz CT molecular complexity index is 611. The zero-order valence-corrected chi connectivity index (χ0v) is 11.6. The maximum atomic E-state index is 13.1. The lowest BCUT2D eigenvalue weighted by molar-refractivity contribution is 0.507. The van der Waals surface area contributed by atoms with Crippen molar-refractivity contribution in [2.24, 2.45) is 0 Å². The number of hydrogen-bond donors (Lipinski definition) is 0. The van der Waals surface area contributed by atoms with Crippen LogP contribution in [0, 0.1) is 11.6 Å². The van der Waals surface area contributed by atoms with Crippen molar-refractivity contribution in [3.8, 4) is 0 Å². The number of rotatable bonds is 4. The number of thiocarbonyl (C=S) groups is 1. The fourth-order valence-corrected chi connectivity index (χ4v) is 2.36. The first-order valence-electron chi connectivity index (χ1n) is 5.74. The molecule has 2 rings (SSSR count). The van der Waals surface area contributed by atoms with Gasteiger partial charge in [0.25, 0.3) is 0 Å². The summed E-state index contributed by atoms with van der Waals surface area (Å²) >= 11 is 11.2. The van der Waals surface area contributed by atoms with Gasteiger partial charge < -0.3 is 0 Å². The first kappa shape index (κ1) is 14.1. The fraction of sp³-hybridized carbons (Fsp3) is 0.133. The highest BCUT2D eigenvalue weighted by Crippen LogP contribution is 2.14. The van der Waals surface area contributed by atoms with Crippen LogP contribution in [-0.4, -0.2) is 4.86 Å². The molecule has 0 N–H and O–H groups in total. The smallest absolute Gasteiger partial charge is 0.159 e. The van der Waals surface area contributed by atoms with Crippen LogP contribution in [0.1, 0.15) is 11.1 Å². The van der Waals surface area contributed by atoms with E-state index < -0.39 is 11.6 Å². The molecular formula is C15H11ClF2S. The van der Waals surface area contributed by atoms with E-state index in [0.717, 1.165) is 16.5 Å². The third-order valence-electron chi connectivity index (χ3n) is 2.68. The molecule has 0 nitrogen and oxygen atoms in total. The second-order valence-electron chi connectivity index (χ2n) is 4.27. The summed E-state index contributed by atoms with van der Waals surface area (Å²) in [6, 6.07) is 11.3. The van der Waals surface area contributed by atoms with Crippen LogP contribution in [0.25, 0.3) is 0 Å². The highest BCUT2D eigenvalue weighted by molar-refractivity contribution is 7.80. The Hall–Kier alpha value is -1.32. The summed E-state index contributed by atoms with van der Waals surface area (Å²) in [5.41, 5.74) is 1.69. The van der Waals surface area contributed by atoms with Crippen LogP contribution in [0.2, 0.25) is 5.02 Å². The molecule has 98 valence electrons. The van der Waals surface area contributed by atoms with Crippen molar-refractivity contribution in [1.82, 2.24) is 0 Å². The molecule has 0 amide bonds. The van der Waals surface area contributed by atoms with Crippen LogP contribution in [0.4, 0.5) is 8.78 Å². The van der Waals surface area contributed by atoms with E-state index in [1.54, 1.807) is 12.1 Å². The van der Waals surface area contributed by atoms with Gasteiger partial charge in [0.05, 0.1) is 0 Å². The van der Waals surface area contributed by atoms with Gasteiger partial charge in [-0.05, 0) is 35.4 Å². The zero-order chi connectivity index (χ0) is 13.8. The third-order valence-corrected chi connectivity index (χ3v) is 3.20. The number of halogens is 3. The molecule has 0 atom stereocenters. The molecular weight excluding hydrogens is 286 g/mol. The Morgan fingerprint density at radius 3 is 2.26 bits per heavy atom. The highest BCUT2D eigenvalue weighted by Gasteiger charge is 2.06. The van der Waals surface area contributed by atoms with Gasteiger partial charge in [-0.15, -0.1) is 0 Å². The van der Waals surface area contributed by atoms with E-state index in [-0.39, 0.29) is 0 Å². The van der Waals surface area contributed by atoms with Crippen molar-refractivity contribution in [1.29, 1.82) is 0 Å². The van der Waals surface area contributed by atoms with Gasteiger partial charge in [0, 0.05) is 22.7 Å². The Morgan fingerprint density at radius 1 is 0.947 bits per heavy atom. The van der Waals surface area contributed by atoms with Crippen molar-refractivity contribution in [3.05, 3.63) is 70.2 Å². The predicted molar refractivity (Wildman–Crippen MR) is 77.8 cm³/mol. The number of benzene rings is 2. The Kier molecular flexibility index (Phi) is 4.61. The molecule has 0 saturated carbocycles. The first-order valence-corrected chi connectivity index (χ1v) is 6.53. The average Bonchev–Trinajstić information content (AvgIpc) is 2.34. The molecule has 0 aliphatic carbocycles. The molecule has 0 saturated heterocycles. The van der Waals surface area contributed by atoms with E-state index in [1.807, 2.05) is 18.2 Å². The van der Waals surface area contributed by atoms with Crippen LogP contribution in [0.3, 0.4) is 0 Å². The zero-order valence-electron chi connectivity index (χ0n) is 10.00. The van der Waals surface area contributed by atoms with E-state index in [4.69, 9.17) is 23.8 Å². The van der Waals surface area contributed by atoms with E-state index >= 15 is 0 Å². The van der Waals surface area contributed by atoms with Gasteiger partial charge >= 0.3 is 0 Å². The van der Waals surface area contributed by atoms with Crippen LogP contribution >= 0.6 is 23.8 Å². The van der Waals surface area contributed by atoms with Crippen molar-refractivity contribution in [3.63, 3.8) is 0 Å². The summed E-state index contributed by atoms with van der Waals surface area (Å²) < 4.78 is 25.9. The molecule has 0 heterocycles. The van der Waals surface area contributed by atoms with E-state index in [0.29, 0.717) is 23.4 Å². The summed E-state index contributed by atoms with van der Waals surface area (Å²) in [4.78, 5) is 0.758. The predicted octanol–water partition coefficient (Wildman–Crippen LogP) is 4.77. The molecule has 0 spiro atoms. The summed E-state index contributed by atoms with van der Waals surface area (Å²) in [5, 5.41) is 0.660. The fourth-order valence-electron chi connectivity index (χ4n) is 1.81. The minimum atomic E-state index is -0.844. The molecule has 0 aliphatic heterocycles. The lowest BCUT2D eigenvalue weighted by atomic mass is 10.0.